The highest BCUT2D eigenvalue weighted by molar-refractivity contribution is 5.99. The quantitative estimate of drug-likeness (QED) is 0.837. The number of ketones is 1. The summed E-state index contributed by atoms with van der Waals surface area (Å²) in [5.41, 5.74) is 5.54. The minimum atomic E-state index is -4.39. The van der Waals surface area contributed by atoms with Crippen molar-refractivity contribution in [2.45, 2.75) is 33.4 Å². The van der Waals surface area contributed by atoms with Crippen LogP contribution in [0.4, 0.5) is 13.2 Å². The van der Waals surface area contributed by atoms with Gasteiger partial charge in [-0.1, -0.05) is 19.9 Å². The van der Waals surface area contributed by atoms with Crippen LogP contribution < -0.4 is 5.73 Å². The Morgan fingerprint density at radius 1 is 1.30 bits per heavy atom. The molecule has 20 heavy (non-hydrogen) atoms. The summed E-state index contributed by atoms with van der Waals surface area (Å²) >= 11 is 0. The third-order valence-corrected chi connectivity index (χ3v) is 3.23. The van der Waals surface area contributed by atoms with Crippen LogP contribution in [0.3, 0.4) is 0 Å². The van der Waals surface area contributed by atoms with Gasteiger partial charge in [0, 0.05) is 18.0 Å². The van der Waals surface area contributed by atoms with Crippen molar-refractivity contribution in [3.8, 4) is 0 Å². The van der Waals surface area contributed by atoms with E-state index in [-0.39, 0.29) is 18.2 Å². The fourth-order valence-corrected chi connectivity index (χ4v) is 2.22. The number of rotatable bonds is 5. The van der Waals surface area contributed by atoms with Gasteiger partial charge in [0.15, 0.2) is 5.78 Å². The van der Waals surface area contributed by atoms with Crippen molar-refractivity contribution >= 4 is 5.78 Å². The van der Waals surface area contributed by atoms with Crippen molar-refractivity contribution in [2.75, 3.05) is 6.54 Å². The van der Waals surface area contributed by atoms with Crippen LogP contribution in [0, 0.1) is 18.8 Å². The van der Waals surface area contributed by atoms with E-state index in [1.807, 2.05) is 13.8 Å². The summed E-state index contributed by atoms with van der Waals surface area (Å²) in [6.07, 6.45) is -3.76. The molecule has 2 N–H and O–H groups in total. The summed E-state index contributed by atoms with van der Waals surface area (Å²) in [5.74, 6) is -0.208. The Hall–Kier alpha value is -1.36. The van der Waals surface area contributed by atoms with E-state index < -0.39 is 11.7 Å². The Bertz CT molecular complexity index is 480. The van der Waals surface area contributed by atoms with Gasteiger partial charge in [-0.05, 0) is 37.0 Å². The highest BCUT2D eigenvalue weighted by atomic mass is 19.4. The number of halogens is 3. The van der Waals surface area contributed by atoms with E-state index in [2.05, 4.69) is 0 Å². The predicted octanol–water partition coefficient (Wildman–Crippen LogP) is 3.82. The van der Waals surface area contributed by atoms with Crippen molar-refractivity contribution in [3.05, 3.63) is 34.9 Å². The number of hydrogen-bond donors (Lipinski definition) is 1. The molecule has 0 aromatic heterocycles. The van der Waals surface area contributed by atoms with Gasteiger partial charge in [0.25, 0.3) is 0 Å². The van der Waals surface area contributed by atoms with Crippen molar-refractivity contribution < 1.29 is 18.0 Å². The molecule has 0 aliphatic carbocycles. The minimum Gasteiger partial charge on any atom is -0.330 e. The van der Waals surface area contributed by atoms with Gasteiger partial charge in [-0.25, -0.2) is 0 Å². The van der Waals surface area contributed by atoms with Crippen molar-refractivity contribution in [2.24, 2.45) is 17.6 Å². The van der Waals surface area contributed by atoms with Gasteiger partial charge in [-0.2, -0.15) is 13.2 Å². The summed E-state index contributed by atoms with van der Waals surface area (Å²) in [6, 6.07) is 3.21. The lowest BCUT2D eigenvalue weighted by atomic mass is 9.88. The molecule has 2 nitrogen and oxygen atoms in total. The zero-order valence-corrected chi connectivity index (χ0v) is 11.9. The lowest BCUT2D eigenvalue weighted by Crippen LogP contribution is -2.26. The van der Waals surface area contributed by atoms with E-state index in [4.69, 9.17) is 5.73 Å². The first-order valence-electron chi connectivity index (χ1n) is 6.59. The van der Waals surface area contributed by atoms with Crippen LogP contribution in [-0.4, -0.2) is 12.3 Å². The molecule has 0 heterocycles. The molecule has 1 rings (SSSR count). The molecule has 0 saturated carbocycles. The molecule has 0 aliphatic heterocycles. The van der Waals surface area contributed by atoms with E-state index in [1.165, 1.54) is 13.0 Å². The summed E-state index contributed by atoms with van der Waals surface area (Å²) in [6.45, 7) is 5.69. The number of benzene rings is 1. The highest BCUT2D eigenvalue weighted by Crippen LogP contribution is 2.31. The summed E-state index contributed by atoms with van der Waals surface area (Å²) in [4.78, 5) is 12.3. The Balaban J connectivity index is 3.05. The molecule has 1 aromatic carbocycles. The molecule has 0 fully saturated rings. The first kappa shape index (κ1) is 16.7. The Morgan fingerprint density at radius 3 is 2.30 bits per heavy atom. The van der Waals surface area contributed by atoms with Crippen LogP contribution in [0.2, 0.25) is 0 Å². The van der Waals surface area contributed by atoms with Gasteiger partial charge in [0.1, 0.15) is 0 Å². The first-order valence-corrected chi connectivity index (χ1v) is 6.59. The molecule has 0 bridgehead atoms. The second-order valence-electron chi connectivity index (χ2n) is 5.45. The Morgan fingerprint density at radius 2 is 1.90 bits per heavy atom. The van der Waals surface area contributed by atoms with Gasteiger partial charge in [0.05, 0.1) is 5.56 Å². The average Bonchev–Trinajstić information content (AvgIpc) is 2.33. The smallest absolute Gasteiger partial charge is 0.330 e. The number of hydrogen-bond acceptors (Lipinski definition) is 2. The van der Waals surface area contributed by atoms with Crippen molar-refractivity contribution in [3.63, 3.8) is 0 Å². The maximum Gasteiger partial charge on any atom is 0.416 e. The van der Waals surface area contributed by atoms with E-state index >= 15 is 0 Å². The second-order valence-corrected chi connectivity index (χ2v) is 5.45. The monoisotopic (exact) mass is 287 g/mol. The molecule has 1 unspecified atom stereocenters. The molecule has 0 radical (unpaired) electrons. The highest BCUT2D eigenvalue weighted by Gasteiger charge is 2.31. The Kier molecular flexibility index (Phi) is 5.34. The third-order valence-electron chi connectivity index (χ3n) is 3.23. The number of aryl methyl sites for hydroxylation is 1. The molecular formula is C15H20F3NO. The molecule has 0 aliphatic rings. The fraction of sp³-hybridized carbons (Fsp3) is 0.533. The molecule has 0 spiro atoms. The molecule has 1 atom stereocenters. The number of alkyl halides is 3. The lowest BCUT2D eigenvalue weighted by molar-refractivity contribution is -0.137. The van der Waals surface area contributed by atoms with Crippen molar-refractivity contribution in [1.82, 2.24) is 0 Å². The standard InChI is InChI=1S/C15H20F3NO/c1-9(2)6-11(8-19)14(20)13-5-4-12(7-10(13)3)15(16,17)18/h4-5,7,9,11H,6,8,19H2,1-3H3. The first-order chi connectivity index (χ1) is 9.16. The lowest BCUT2D eigenvalue weighted by Gasteiger charge is -2.18. The largest absolute Gasteiger partial charge is 0.416 e. The van der Waals surface area contributed by atoms with Crippen LogP contribution >= 0.6 is 0 Å². The van der Waals surface area contributed by atoms with Crippen LogP contribution in [0.25, 0.3) is 0 Å². The zero-order valence-electron chi connectivity index (χ0n) is 11.9. The summed E-state index contributed by atoms with van der Waals surface area (Å²) in [7, 11) is 0. The van der Waals surface area contributed by atoms with Gasteiger partial charge in [0.2, 0.25) is 0 Å². The van der Waals surface area contributed by atoms with Crippen LogP contribution in [0.1, 0.15) is 41.8 Å². The predicted molar refractivity (Wildman–Crippen MR) is 72.5 cm³/mol. The van der Waals surface area contributed by atoms with E-state index in [1.54, 1.807) is 0 Å². The molecule has 0 amide bonds. The average molecular weight is 287 g/mol. The van der Waals surface area contributed by atoms with Crippen LogP contribution in [-0.2, 0) is 6.18 Å². The molecule has 1 aromatic rings. The minimum absolute atomic E-state index is 0.174. The third kappa shape index (κ3) is 4.07. The van der Waals surface area contributed by atoms with E-state index in [0.717, 1.165) is 12.1 Å². The molecule has 112 valence electrons. The van der Waals surface area contributed by atoms with Gasteiger partial charge in [-0.15, -0.1) is 0 Å². The number of carbonyl (C=O) groups is 1. The fourth-order valence-electron chi connectivity index (χ4n) is 2.22. The molecular weight excluding hydrogens is 267 g/mol. The van der Waals surface area contributed by atoms with Crippen LogP contribution in [0.5, 0.6) is 0 Å². The molecule has 5 heteroatoms. The molecule has 0 saturated heterocycles. The topological polar surface area (TPSA) is 43.1 Å². The second kappa shape index (κ2) is 6.39. The maximum absolute atomic E-state index is 12.6. The maximum atomic E-state index is 12.6. The Labute approximate surface area is 117 Å². The summed E-state index contributed by atoms with van der Waals surface area (Å²) < 4.78 is 37.8. The van der Waals surface area contributed by atoms with Crippen molar-refractivity contribution in [1.29, 1.82) is 0 Å². The summed E-state index contributed by atoms with van der Waals surface area (Å²) in [5, 5.41) is 0. The number of carbonyl (C=O) groups excluding carboxylic acids is 1. The van der Waals surface area contributed by atoms with E-state index in [9.17, 15) is 18.0 Å². The van der Waals surface area contributed by atoms with Gasteiger partial charge >= 0.3 is 6.18 Å². The zero-order chi connectivity index (χ0) is 15.5. The SMILES string of the molecule is Cc1cc(C(F)(F)F)ccc1C(=O)C(CN)CC(C)C. The van der Waals surface area contributed by atoms with Gasteiger partial charge in [-0.3, -0.25) is 4.79 Å². The van der Waals surface area contributed by atoms with Gasteiger partial charge < -0.3 is 5.73 Å². The number of nitrogens with two attached hydrogens (primary N) is 1. The van der Waals surface area contributed by atoms with Crippen LogP contribution in [0.15, 0.2) is 18.2 Å². The van der Waals surface area contributed by atoms with E-state index in [0.29, 0.717) is 23.5 Å². The number of Topliss-reactive ketones (excluding diaryl/α,β-unsaturated/α-hetero) is 1. The normalized spacial score (nSPS) is 13.6.